The fraction of sp³-hybridized carbons (Fsp3) is 0.385. The Balaban J connectivity index is 1.08. The topological polar surface area (TPSA) is 137 Å². The van der Waals surface area contributed by atoms with Crippen molar-refractivity contribution in [2.24, 2.45) is 0 Å². The average molecular weight is 1000 g/mol. The number of hydrogen-bond acceptors (Lipinski definition) is 11. The van der Waals surface area contributed by atoms with Crippen molar-refractivity contribution in [1.82, 2.24) is 19.6 Å². The van der Waals surface area contributed by atoms with Gasteiger partial charge < -0.3 is 38.8 Å². The van der Waals surface area contributed by atoms with Crippen molar-refractivity contribution in [3.8, 4) is 33.8 Å². The van der Waals surface area contributed by atoms with Crippen LogP contribution in [-0.2, 0) is 41.7 Å². The number of piperazine rings is 2. The number of carbonyl (C=O) groups excluding carboxylic acids is 4. The minimum Gasteiger partial charge on any atom is -0.444 e. The van der Waals surface area contributed by atoms with Gasteiger partial charge in [-0.1, -0.05) is 59.2 Å². The second-order valence-electron chi connectivity index (χ2n) is 19.0. The number of hydrogen-bond donors (Lipinski definition) is 0. The van der Waals surface area contributed by atoms with Crippen molar-refractivity contribution < 1.29 is 48.2 Å². The fourth-order valence-electron chi connectivity index (χ4n) is 8.23. The lowest BCUT2D eigenvalue weighted by molar-refractivity contribution is -0.215. The van der Waals surface area contributed by atoms with E-state index in [-0.39, 0.29) is 11.8 Å². The van der Waals surface area contributed by atoms with E-state index in [1.807, 2.05) is 102 Å². The Hall–Kier alpha value is -5.71. The number of amides is 4. The number of halogens is 2. The summed E-state index contributed by atoms with van der Waals surface area (Å²) in [6.07, 6.45) is 7.14. The molecule has 4 aromatic rings. The number of benzene rings is 4. The van der Waals surface area contributed by atoms with Crippen LogP contribution in [0.15, 0.2) is 82.6 Å². The van der Waals surface area contributed by atoms with Gasteiger partial charge in [-0.25, -0.2) is 9.59 Å². The van der Waals surface area contributed by atoms with Gasteiger partial charge in [0.15, 0.2) is 11.5 Å². The van der Waals surface area contributed by atoms with Crippen molar-refractivity contribution >= 4 is 71.1 Å². The van der Waals surface area contributed by atoms with E-state index in [2.05, 4.69) is 0 Å². The van der Waals surface area contributed by atoms with Crippen molar-refractivity contribution in [2.45, 2.75) is 75.4 Å². The first kappa shape index (κ1) is 49.7. The monoisotopic (exact) mass is 998 g/mol. The molecule has 2 saturated heterocycles. The van der Waals surface area contributed by atoms with Gasteiger partial charge in [0.2, 0.25) is 11.8 Å². The molecule has 2 fully saturated rings. The second kappa shape index (κ2) is 21.1. The van der Waals surface area contributed by atoms with Crippen LogP contribution in [0.4, 0.5) is 9.59 Å². The van der Waals surface area contributed by atoms with Crippen LogP contribution in [0.3, 0.4) is 0 Å². The highest BCUT2D eigenvalue weighted by molar-refractivity contribution is 7.99. The van der Waals surface area contributed by atoms with E-state index in [1.54, 1.807) is 43.9 Å². The van der Waals surface area contributed by atoms with E-state index < -0.39 is 23.4 Å². The molecule has 0 bridgehead atoms. The molecule has 14 nitrogen and oxygen atoms in total. The minimum absolute atomic E-state index is 0.187. The van der Waals surface area contributed by atoms with E-state index in [4.69, 9.17) is 52.2 Å². The highest BCUT2D eigenvalue weighted by Gasteiger charge is 2.29. The molecule has 0 saturated carbocycles. The lowest BCUT2D eigenvalue weighted by Crippen LogP contribution is -2.51. The van der Waals surface area contributed by atoms with Gasteiger partial charge in [0.25, 0.3) is 0 Å². The van der Waals surface area contributed by atoms with E-state index >= 15 is 0 Å². The van der Waals surface area contributed by atoms with Crippen LogP contribution < -0.4 is 9.78 Å². The predicted molar refractivity (Wildman–Crippen MR) is 265 cm³/mol. The zero-order chi connectivity index (χ0) is 49.0. The van der Waals surface area contributed by atoms with Gasteiger partial charge in [-0.2, -0.15) is 9.78 Å². The van der Waals surface area contributed by atoms with E-state index in [0.717, 1.165) is 43.2 Å². The first-order valence-electron chi connectivity index (χ1n) is 23.0. The third-order valence-corrected chi connectivity index (χ3v) is 13.8. The predicted octanol–water partition coefficient (Wildman–Crippen LogP) is 10.4. The third kappa shape index (κ3) is 12.2. The standard InChI is InChI=1S/C52H56Cl2N4O10S/c1-51(2,3)65-49(61)57-25-21-55(22-26-57)43(59)17-11-33-9-15-41(47(53)45(33)37-7-13-39-35(31-37)19-29-63-67-39)69-42-16-10-34(46(48(42)54)38-8-14-40-36(32-38)20-30-64-68-40)12-18-44(60)56-23-27-58(28-24-56)50(62)66-52(4,5)6/h7-18,31-32H,19-30H2,1-6H3. The molecular weight excluding hydrogens is 944 g/mol. The van der Waals surface area contributed by atoms with E-state index in [1.165, 1.54) is 11.8 Å². The summed E-state index contributed by atoms with van der Waals surface area (Å²) in [5.41, 5.74) is 5.23. The number of rotatable bonds is 8. The Morgan fingerprint density at radius 2 is 0.928 bits per heavy atom. The zero-order valence-electron chi connectivity index (χ0n) is 39.6. The molecule has 0 aliphatic carbocycles. The summed E-state index contributed by atoms with van der Waals surface area (Å²) < 4.78 is 11.1. The molecule has 0 radical (unpaired) electrons. The molecule has 4 aliphatic rings. The summed E-state index contributed by atoms with van der Waals surface area (Å²) in [6.45, 7) is 14.7. The minimum atomic E-state index is -0.612. The molecule has 4 aromatic carbocycles. The van der Waals surface area contributed by atoms with Crippen molar-refractivity contribution in [2.75, 3.05) is 65.6 Å². The first-order valence-corrected chi connectivity index (χ1v) is 24.6. The maximum absolute atomic E-state index is 13.6. The summed E-state index contributed by atoms with van der Waals surface area (Å²) in [6, 6.07) is 19.3. The molecule has 364 valence electrons. The Bertz CT molecular complexity index is 2500. The normalized spacial score (nSPS) is 16.5. The van der Waals surface area contributed by atoms with Crippen LogP contribution in [0.1, 0.15) is 63.8 Å². The quantitative estimate of drug-likeness (QED) is 0.123. The largest absolute Gasteiger partial charge is 0.444 e. The van der Waals surface area contributed by atoms with Crippen molar-refractivity contribution in [1.29, 1.82) is 0 Å². The molecular formula is C52H56Cl2N4O10S. The van der Waals surface area contributed by atoms with Gasteiger partial charge in [0.1, 0.15) is 11.2 Å². The van der Waals surface area contributed by atoms with Crippen LogP contribution >= 0.6 is 35.0 Å². The molecule has 4 heterocycles. The Morgan fingerprint density at radius 3 is 1.30 bits per heavy atom. The summed E-state index contributed by atoms with van der Waals surface area (Å²) in [5.74, 6) is 0.878. The average Bonchev–Trinajstić information content (AvgIpc) is 3.32. The summed E-state index contributed by atoms with van der Waals surface area (Å²) in [4.78, 5) is 82.0. The lowest BCUT2D eigenvalue weighted by atomic mass is 9.96. The number of nitrogens with zero attached hydrogens (tertiary/aromatic N) is 4. The highest BCUT2D eigenvalue weighted by atomic mass is 35.5. The van der Waals surface area contributed by atoms with Crippen LogP contribution in [0, 0.1) is 0 Å². The molecule has 0 atom stereocenters. The van der Waals surface area contributed by atoms with Crippen molar-refractivity contribution in [3.63, 3.8) is 0 Å². The summed E-state index contributed by atoms with van der Waals surface area (Å²) in [7, 11) is 0. The fourth-order valence-corrected chi connectivity index (χ4v) is 9.91. The van der Waals surface area contributed by atoms with Crippen LogP contribution in [0.2, 0.25) is 10.0 Å². The highest BCUT2D eigenvalue weighted by Crippen LogP contribution is 2.47. The van der Waals surface area contributed by atoms with E-state index in [9.17, 15) is 19.2 Å². The first-order chi connectivity index (χ1) is 32.9. The van der Waals surface area contributed by atoms with Gasteiger partial charge in [-0.05, 0) is 112 Å². The lowest BCUT2D eigenvalue weighted by Gasteiger charge is -2.35. The van der Waals surface area contributed by atoms with E-state index in [0.29, 0.717) is 111 Å². The second-order valence-corrected chi connectivity index (χ2v) is 20.8. The Kier molecular flexibility index (Phi) is 15.2. The van der Waals surface area contributed by atoms with Gasteiger partial charge in [0, 0.05) is 109 Å². The smallest absolute Gasteiger partial charge is 0.410 e. The summed E-state index contributed by atoms with van der Waals surface area (Å²) >= 11 is 16.3. The Morgan fingerprint density at radius 1 is 0.551 bits per heavy atom. The molecule has 8 rings (SSSR count). The maximum Gasteiger partial charge on any atom is 0.410 e. The molecule has 0 aromatic heterocycles. The molecule has 0 N–H and O–H groups in total. The summed E-state index contributed by atoms with van der Waals surface area (Å²) in [5, 5.41) is 0.914. The van der Waals surface area contributed by atoms with Crippen LogP contribution in [0.5, 0.6) is 11.5 Å². The number of ether oxygens (including phenoxy) is 2. The van der Waals surface area contributed by atoms with Gasteiger partial charge in [-0.3, -0.25) is 9.59 Å². The van der Waals surface area contributed by atoms with Crippen molar-refractivity contribution in [3.05, 3.63) is 105 Å². The zero-order valence-corrected chi connectivity index (χ0v) is 41.9. The van der Waals surface area contributed by atoms with Gasteiger partial charge >= 0.3 is 12.2 Å². The SMILES string of the molecule is CC(C)(C)OC(=O)N1CCN(C(=O)C=Cc2ccc(Sc3ccc(C=CC(=O)N4CCN(C(=O)OC(C)(C)C)CC4)c(-c4ccc5c(c4)CCOO5)c3Cl)c(Cl)c2-c2ccc3c(c2)CCOO3)CC1. The molecule has 4 amide bonds. The molecule has 0 unspecified atom stereocenters. The molecule has 4 aliphatic heterocycles. The number of carbonyl (C=O) groups is 4. The maximum atomic E-state index is 13.6. The molecule has 17 heteroatoms. The number of fused-ring (bicyclic) bond motifs is 2. The third-order valence-electron chi connectivity index (χ3n) is 11.7. The van der Waals surface area contributed by atoms with Crippen LogP contribution in [0.25, 0.3) is 34.4 Å². The molecule has 69 heavy (non-hydrogen) atoms. The van der Waals surface area contributed by atoms with Gasteiger partial charge in [0.05, 0.1) is 23.3 Å². The Labute approximate surface area is 416 Å². The molecule has 0 spiro atoms. The van der Waals surface area contributed by atoms with Crippen LogP contribution in [-0.4, -0.2) is 120 Å². The van der Waals surface area contributed by atoms with Gasteiger partial charge in [-0.15, -0.1) is 0 Å².